The highest BCUT2D eigenvalue weighted by Gasteiger charge is 2.28. The van der Waals surface area contributed by atoms with E-state index in [1.165, 1.54) is 6.92 Å². The number of carbonyl (C=O) groups excluding carboxylic acids is 1. The lowest BCUT2D eigenvalue weighted by Crippen LogP contribution is -2.49. The molecule has 1 aromatic carbocycles. The zero-order valence-corrected chi connectivity index (χ0v) is 10.9. The summed E-state index contributed by atoms with van der Waals surface area (Å²) >= 11 is 11.2. The molecule has 7 heteroatoms. The van der Waals surface area contributed by atoms with Gasteiger partial charge in [-0.15, -0.1) is 23.2 Å². The molecule has 0 radical (unpaired) electrons. The van der Waals surface area contributed by atoms with Crippen LogP contribution in [0.1, 0.15) is 17.3 Å². The molecule has 0 saturated carbocycles. The first-order chi connectivity index (χ1) is 8.33. The minimum Gasteiger partial charge on any atom is -0.344 e. The second kappa shape index (κ2) is 5.80. The Balaban J connectivity index is 3.05. The van der Waals surface area contributed by atoms with Crippen LogP contribution in [0.15, 0.2) is 12.1 Å². The predicted octanol–water partition coefficient (Wildman–Crippen LogP) is 3.07. The Labute approximate surface area is 112 Å². The highest BCUT2D eigenvalue weighted by molar-refractivity contribution is 6.22. The number of hydrogen-bond acceptors (Lipinski definition) is 1. The van der Waals surface area contributed by atoms with E-state index in [-0.39, 0.29) is 11.8 Å². The minimum atomic E-state index is -1.28. The van der Waals surface area contributed by atoms with Crippen molar-refractivity contribution >= 4 is 29.1 Å². The van der Waals surface area contributed by atoms with Crippen LogP contribution in [-0.2, 0) is 0 Å². The van der Waals surface area contributed by atoms with Crippen LogP contribution in [0.2, 0.25) is 0 Å². The number of carbonyl (C=O) groups is 1. The summed E-state index contributed by atoms with van der Waals surface area (Å²) in [4.78, 5) is 11.7. The second-order valence-electron chi connectivity index (χ2n) is 4.03. The molecule has 1 aromatic rings. The van der Waals surface area contributed by atoms with Gasteiger partial charge in [0.05, 0.1) is 5.54 Å². The first-order valence-corrected chi connectivity index (χ1v) is 5.99. The molecule has 0 unspecified atom stereocenters. The molecule has 0 saturated heterocycles. The van der Waals surface area contributed by atoms with E-state index >= 15 is 0 Å². The number of hydrogen-bond donors (Lipinski definition) is 1. The summed E-state index contributed by atoms with van der Waals surface area (Å²) in [5, 5.41) is 2.30. The summed E-state index contributed by atoms with van der Waals surface area (Å²) in [6.45, 7) is 1.52. The van der Waals surface area contributed by atoms with Gasteiger partial charge in [-0.3, -0.25) is 4.79 Å². The number of halogens is 5. The van der Waals surface area contributed by atoms with Crippen LogP contribution < -0.4 is 5.32 Å². The van der Waals surface area contributed by atoms with Crippen molar-refractivity contribution in [3.63, 3.8) is 0 Å². The standard InChI is InChI=1S/C11H10Cl2F3NO/c1-11(4-12,5-13)17-10(18)9-7(15)2-6(14)3-8(9)16/h2-3H,4-5H2,1H3,(H,17,18). The van der Waals surface area contributed by atoms with Crippen LogP contribution >= 0.6 is 23.2 Å². The normalized spacial score (nSPS) is 11.4. The number of alkyl halides is 2. The van der Waals surface area contributed by atoms with Crippen LogP contribution in [0.5, 0.6) is 0 Å². The Morgan fingerprint density at radius 3 is 2.06 bits per heavy atom. The molecule has 0 heterocycles. The van der Waals surface area contributed by atoms with Gasteiger partial charge < -0.3 is 5.32 Å². The molecular weight excluding hydrogens is 290 g/mol. The van der Waals surface area contributed by atoms with Crippen LogP contribution in [-0.4, -0.2) is 23.2 Å². The molecule has 1 rings (SSSR count). The van der Waals surface area contributed by atoms with Crippen molar-refractivity contribution in [3.8, 4) is 0 Å². The summed E-state index contributed by atoms with van der Waals surface area (Å²) in [6.07, 6.45) is 0. The van der Waals surface area contributed by atoms with Gasteiger partial charge >= 0.3 is 0 Å². The molecule has 0 atom stereocenters. The first-order valence-electron chi connectivity index (χ1n) is 4.92. The lowest BCUT2D eigenvalue weighted by Gasteiger charge is -2.26. The zero-order chi connectivity index (χ0) is 13.9. The Morgan fingerprint density at radius 1 is 1.22 bits per heavy atom. The Hall–Kier alpha value is -0.940. The van der Waals surface area contributed by atoms with Crippen molar-refractivity contribution in [1.82, 2.24) is 5.32 Å². The van der Waals surface area contributed by atoms with Crippen molar-refractivity contribution in [1.29, 1.82) is 0 Å². The van der Waals surface area contributed by atoms with Gasteiger partial charge in [0.25, 0.3) is 5.91 Å². The zero-order valence-electron chi connectivity index (χ0n) is 9.37. The third-order valence-electron chi connectivity index (χ3n) is 2.24. The molecule has 0 fully saturated rings. The fourth-order valence-electron chi connectivity index (χ4n) is 1.20. The highest BCUT2D eigenvalue weighted by Crippen LogP contribution is 2.17. The largest absolute Gasteiger partial charge is 0.344 e. The van der Waals surface area contributed by atoms with Gasteiger partial charge in [-0.1, -0.05) is 0 Å². The molecule has 2 nitrogen and oxygen atoms in total. The molecule has 0 aromatic heterocycles. The molecule has 1 N–H and O–H groups in total. The topological polar surface area (TPSA) is 29.1 Å². The molecule has 0 aliphatic heterocycles. The lowest BCUT2D eigenvalue weighted by molar-refractivity contribution is 0.0912. The summed E-state index contributed by atoms with van der Waals surface area (Å²) in [5.74, 6) is -4.76. The maximum Gasteiger partial charge on any atom is 0.257 e. The maximum absolute atomic E-state index is 13.3. The fourth-order valence-corrected chi connectivity index (χ4v) is 1.62. The third-order valence-corrected chi connectivity index (χ3v) is 3.42. The Morgan fingerprint density at radius 2 is 1.67 bits per heavy atom. The van der Waals surface area contributed by atoms with Crippen LogP contribution in [0.4, 0.5) is 13.2 Å². The summed E-state index contributed by atoms with van der Waals surface area (Å²) < 4.78 is 39.4. The van der Waals surface area contributed by atoms with Crippen molar-refractivity contribution in [2.24, 2.45) is 0 Å². The van der Waals surface area contributed by atoms with Crippen molar-refractivity contribution < 1.29 is 18.0 Å². The molecule has 18 heavy (non-hydrogen) atoms. The molecule has 0 aliphatic rings. The summed E-state index contributed by atoms with van der Waals surface area (Å²) in [7, 11) is 0. The van der Waals surface area contributed by atoms with Crippen LogP contribution in [0.25, 0.3) is 0 Å². The highest BCUT2D eigenvalue weighted by atomic mass is 35.5. The van der Waals surface area contributed by atoms with Gasteiger partial charge in [0.15, 0.2) is 0 Å². The van der Waals surface area contributed by atoms with Crippen LogP contribution in [0, 0.1) is 17.5 Å². The predicted molar refractivity (Wildman–Crippen MR) is 63.6 cm³/mol. The average molecular weight is 300 g/mol. The van der Waals surface area contributed by atoms with Crippen molar-refractivity contribution in [2.75, 3.05) is 11.8 Å². The van der Waals surface area contributed by atoms with E-state index < -0.39 is 34.5 Å². The van der Waals surface area contributed by atoms with E-state index in [1.807, 2.05) is 0 Å². The number of benzene rings is 1. The molecule has 0 aliphatic carbocycles. The van der Waals surface area contributed by atoms with Gasteiger partial charge in [-0.05, 0) is 6.92 Å². The van der Waals surface area contributed by atoms with E-state index in [2.05, 4.69) is 5.32 Å². The SMILES string of the molecule is CC(CCl)(CCl)NC(=O)c1c(F)cc(F)cc1F. The maximum atomic E-state index is 13.3. The smallest absolute Gasteiger partial charge is 0.257 e. The Kier molecular flexibility index (Phi) is 4.87. The van der Waals surface area contributed by atoms with Gasteiger partial charge in [-0.25, -0.2) is 13.2 Å². The number of rotatable bonds is 4. The van der Waals surface area contributed by atoms with E-state index in [0.717, 1.165) is 0 Å². The monoisotopic (exact) mass is 299 g/mol. The third kappa shape index (κ3) is 3.29. The Bertz CT molecular complexity index is 441. The molecule has 0 spiro atoms. The summed E-state index contributed by atoms with van der Waals surface area (Å²) in [6, 6.07) is 0.855. The van der Waals surface area contributed by atoms with Crippen molar-refractivity contribution in [3.05, 3.63) is 35.1 Å². The lowest BCUT2D eigenvalue weighted by atomic mass is 10.1. The minimum absolute atomic E-state index is 0.0350. The molecule has 100 valence electrons. The van der Waals surface area contributed by atoms with Gasteiger partial charge in [-0.2, -0.15) is 0 Å². The number of nitrogens with one attached hydrogen (secondary N) is 1. The number of amides is 1. The van der Waals surface area contributed by atoms with E-state index in [4.69, 9.17) is 23.2 Å². The summed E-state index contributed by atoms with van der Waals surface area (Å²) in [5.41, 5.74) is -1.87. The molecule has 1 amide bonds. The molecular formula is C11H10Cl2F3NO. The van der Waals surface area contributed by atoms with E-state index in [1.54, 1.807) is 0 Å². The average Bonchev–Trinajstić information content (AvgIpc) is 2.27. The first kappa shape index (κ1) is 15.1. The molecule has 0 bridgehead atoms. The second-order valence-corrected chi connectivity index (χ2v) is 4.56. The quantitative estimate of drug-likeness (QED) is 0.851. The van der Waals surface area contributed by atoms with Crippen LogP contribution in [0.3, 0.4) is 0 Å². The van der Waals surface area contributed by atoms with Gasteiger partial charge in [0.1, 0.15) is 23.0 Å². The van der Waals surface area contributed by atoms with E-state index in [0.29, 0.717) is 12.1 Å². The fraction of sp³-hybridized carbons (Fsp3) is 0.364. The van der Waals surface area contributed by atoms with Gasteiger partial charge in [0, 0.05) is 23.9 Å². The van der Waals surface area contributed by atoms with Gasteiger partial charge in [0.2, 0.25) is 0 Å². The van der Waals surface area contributed by atoms with Crippen molar-refractivity contribution in [2.45, 2.75) is 12.5 Å². The van der Waals surface area contributed by atoms with E-state index in [9.17, 15) is 18.0 Å².